The molecule has 0 aliphatic heterocycles. The van der Waals surface area contributed by atoms with Crippen LogP contribution in [0.25, 0.3) is 0 Å². The number of thiocarbonyl (C=S) groups is 1. The Morgan fingerprint density at radius 2 is 1.44 bits per heavy atom. The van der Waals surface area contributed by atoms with Crippen LogP contribution in [0.3, 0.4) is 0 Å². The van der Waals surface area contributed by atoms with E-state index in [9.17, 15) is 0 Å². The van der Waals surface area contributed by atoms with Crippen molar-refractivity contribution in [3.8, 4) is 0 Å². The van der Waals surface area contributed by atoms with Crippen molar-refractivity contribution in [2.75, 3.05) is 0 Å². The van der Waals surface area contributed by atoms with Gasteiger partial charge in [-0.1, -0.05) is 95.2 Å². The molecule has 0 atom stereocenters. The van der Waals surface area contributed by atoms with Gasteiger partial charge in [0.2, 0.25) is 0 Å². The Hall–Kier alpha value is -0.0466. The van der Waals surface area contributed by atoms with Crippen LogP contribution in [0.15, 0.2) is 18.2 Å². The Kier molecular flexibility index (Phi) is 22.0. The quantitative estimate of drug-likeness (QED) is 0.139. The molecular formula is C21H35NS2Zn. The standard InChI is InChI=1S/C20H33.CH3NS2.Zn/c1-3-5-7-9-11-15-19-17-13-14-18-20(19)16-12-10-8-6-4-2;2-1(3)4;/h13-14,17H,3-12,15-16H2,1-2H3;(H3,2,3,4);/q-1;;+2/p-1. The van der Waals surface area contributed by atoms with E-state index in [1.54, 1.807) is 5.56 Å². The van der Waals surface area contributed by atoms with E-state index in [1.165, 1.54) is 82.6 Å². The van der Waals surface area contributed by atoms with Crippen LogP contribution >= 0.6 is 12.2 Å². The number of benzene rings is 1. The molecule has 138 valence electrons. The second kappa shape index (κ2) is 20.3. The summed E-state index contributed by atoms with van der Waals surface area (Å²) in [6.45, 7) is 4.56. The van der Waals surface area contributed by atoms with Crippen molar-refractivity contribution >= 4 is 29.2 Å². The van der Waals surface area contributed by atoms with Crippen molar-refractivity contribution in [2.24, 2.45) is 5.73 Å². The molecule has 0 heterocycles. The van der Waals surface area contributed by atoms with Crippen LogP contribution in [0.5, 0.6) is 0 Å². The average Bonchev–Trinajstić information content (AvgIpc) is 2.55. The number of rotatable bonds is 12. The summed E-state index contributed by atoms with van der Waals surface area (Å²) in [5, 5.41) is 0. The minimum atomic E-state index is 0. The SMILES string of the molecule is CCCCCCCc1[c-]cccc1CCCCCCC.NC(=S)[S-].[Zn+2]. The molecule has 0 amide bonds. The summed E-state index contributed by atoms with van der Waals surface area (Å²) in [4.78, 5) is 0. The monoisotopic (exact) mass is 429 g/mol. The van der Waals surface area contributed by atoms with Gasteiger partial charge in [-0.25, -0.2) is 0 Å². The number of hydrogen-bond acceptors (Lipinski definition) is 2. The summed E-state index contributed by atoms with van der Waals surface area (Å²) in [6.07, 6.45) is 16.2. The van der Waals surface area contributed by atoms with E-state index in [0.29, 0.717) is 0 Å². The molecule has 1 rings (SSSR count). The predicted octanol–water partition coefficient (Wildman–Crippen LogP) is 6.29. The van der Waals surface area contributed by atoms with Gasteiger partial charge >= 0.3 is 19.5 Å². The van der Waals surface area contributed by atoms with Crippen molar-refractivity contribution in [3.05, 3.63) is 35.4 Å². The third-order valence-corrected chi connectivity index (χ3v) is 4.12. The Bertz CT molecular complexity index is 387. The van der Waals surface area contributed by atoms with Crippen molar-refractivity contribution in [1.82, 2.24) is 0 Å². The maximum atomic E-state index is 4.66. The summed E-state index contributed by atoms with van der Waals surface area (Å²) >= 11 is 8.26. The molecule has 0 spiro atoms. The maximum Gasteiger partial charge on any atom is 2.00 e. The number of unbranched alkanes of at least 4 members (excludes halogenated alkanes) is 8. The van der Waals surface area contributed by atoms with E-state index in [2.05, 4.69) is 68.7 Å². The topological polar surface area (TPSA) is 26.0 Å². The molecule has 1 aromatic rings. The fourth-order valence-corrected chi connectivity index (χ4v) is 2.80. The average molecular weight is 431 g/mol. The molecule has 0 unspecified atom stereocenters. The van der Waals surface area contributed by atoms with Gasteiger partial charge in [-0.05, 0) is 0 Å². The summed E-state index contributed by atoms with van der Waals surface area (Å²) in [5.41, 5.74) is 7.70. The molecular weight excluding hydrogens is 396 g/mol. The van der Waals surface area contributed by atoms with E-state index >= 15 is 0 Å². The van der Waals surface area contributed by atoms with Gasteiger partial charge in [-0.15, -0.1) is 0 Å². The molecule has 0 fully saturated rings. The Balaban J connectivity index is 0. The first kappa shape index (κ1) is 27.2. The molecule has 25 heavy (non-hydrogen) atoms. The van der Waals surface area contributed by atoms with E-state index in [4.69, 9.17) is 0 Å². The smallest absolute Gasteiger partial charge is 0.415 e. The van der Waals surface area contributed by atoms with Crippen LogP contribution in [-0.2, 0) is 44.9 Å². The molecule has 4 heteroatoms. The summed E-state index contributed by atoms with van der Waals surface area (Å²) in [7, 11) is 0. The van der Waals surface area contributed by atoms with Crippen LogP contribution in [0.1, 0.15) is 89.2 Å². The molecule has 0 aliphatic rings. The predicted molar refractivity (Wildman–Crippen MR) is 114 cm³/mol. The Labute approximate surface area is 180 Å². The Morgan fingerprint density at radius 3 is 1.96 bits per heavy atom. The normalized spacial score (nSPS) is 9.68. The second-order valence-corrected chi connectivity index (χ2v) is 7.46. The second-order valence-electron chi connectivity index (χ2n) is 6.32. The first-order valence-electron chi connectivity index (χ1n) is 9.56. The molecule has 0 saturated carbocycles. The first-order chi connectivity index (χ1) is 11.6. The number of hydrogen-bond donors (Lipinski definition) is 1. The van der Waals surface area contributed by atoms with Gasteiger partial charge in [0.25, 0.3) is 0 Å². The van der Waals surface area contributed by atoms with Crippen molar-refractivity contribution in [3.63, 3.8) is 0 Å². The molecule has 0 saturated heterocycles. The van der Waals surface area contributed by atoms with Gasteiger partial charge in [0.05, 0.1) is 0 Å². The summed E-state index contributed by atoms with van der Waals surface area (Å²) in [6, 6.07) is 10.0. The van der Waals surface area contributed by atoms with Gasteiger partial charge in [0, 0.05) is 0 Å². The fraction of sp³-hybridized carbons (Fsp3) is 0.667. The number of nitrogens with two attached hydrogens (primary N) is 1. The van der Waals surface area contributed by atoms with Crippen molar-refractivity contribution in [1.29, 1.82) is 0 Å². The van der Waals surface area contributed by atoms with Gasteiger partial charge in [-0.3, -0.25) is 0 Å². The minimum absolute atomic E-state index is 0. The molecule has 1 nitrogen and oxygen atoms in total. The fourth-order valence-electron chi connectivity index (χ4n) is 2.80. The van der Waals surface area contributed by atoms with Crippen molar-refractivity contribution in [2.45, 2.75) is 90.9 Å². The zero-order chi connectivity index (χ0) is 18.0. The Morgan fingerprint density at radius 1 is 0.960 bits per heavy atom. The molecule has 0 aromatic heterocycles. The van der Waals surface area contributed by atoms with E-state index in [-0.39, 0.29) is 23.8 Å². The molecule has 1 aromatic carbocycles. The summed E-state index contributed by atoms with van der Waals surface area (Å²) < 4.78 is 0.0833. The van der Waals surface area contributed by atoms with Crippen LogP contribution in [0.4, 0.5) is 0 Å². The van der Waals surface area contributed by atoms with E-state index in [0.717, 1.165) is 0 Å². The molecule has 2 N–H and O–H groups in total. The number of aryl methyl sites for hydroxylation is 2. The van der Waals surface area contributed by atoms with E-state index in [1.807, 2.05) is 0 Å². The molecule has 0 bridgehead atoms. The maximum absolute atomic E-state index is 4.66. The summed E-state index contributed by atoms with van der Waals surface area (Å²) in [5.74, 6) is 0. The first-order valence-corrected chi connectivity index (χ1v) is 10.4. The van der Waals surface area contributed by atoms with Crippen LogP contribution < -0.4 is 5.73 Å². The van der Waals surface area contributed by atoms with Gasteiger partial charge < -0.3 is 30.6 Å². The van der Waals surface area contributed by atoms with Crippen LogP contribution in [-0.4, -0.2) is 4.32 Å². The van der Waals surface area contributed by atoms with Gasteiger partial charge in [0.15, 0.2) is 0 Å². The third-order valence-electron chi connectivity index (χ3n) is 4.12. The molecule has 0 aliphatic carbocycles. The largest absolute Gasteiger partial charge is 2.00 e. The molecule has 0 radical (unpaired) electrons. The van der Waals surface area contributed by atoms with Crippen LogP contribution in [0, 0.1) is 6.07 Å². The van der Waals surface area contributed by atoms with E-state index < -0.39 is 0 Å². The van der Waals surface area contributed by atoms with Gasteiger partial charge in [-0.2, -0.15) is 35.4 Å². The zero-order valence-electron chi connectivity index (χ0n) is 16.3. The van der Waals surface area contributed by atoms with Crippen molar-refractivity contribution < 1.29 is 19.5 Å². The third kappa shape index (κ3) is 18.5. The minimum Gasteiger partial charge on any atom is -0.415 e. The zero-order valence-corrected chi connectivity index (χ0v) is 20.9. The van der Waals surface area contributed by atoms with Gasteiger partial charge in [0.1, 0.15) is 0 Å². The van der Waals surface area contributed by atoms with Crippen LogP contribution in [0.2, 0.25) is 0 Å².